The first kappa shape index (κ1) is 34.2. The van der Waals surface area contributed by atoms with Gasteiger partial charge in [0.25, 0.3) is 0 Å². The minimum absolute atomic E-state index is 0. The third-order valence-electron chi connectivity index (χ3n) is 5.11. The molecule has 0 aliphatic carbocycles. The number of nitrogens with zero attached hydrogens (tertiary/aromatic N) is 6. The molecule has 0 saturated carbocycles. The summed E-state index contributed by atoms with van der Waals surface area (Å²) in [5.74, 6) is 0.0718. The highest BCUT2D eigenvalue weighted by atomic mass is 35.5. The zero-order chi connectivity index (χ0) is 29.8. The molecule has 0 saturated heterocycles. The molecule has 0 bridgehead atoms. The van der Waals surface area contributed by atoms with E-state index in [4.69, 9.17) is 13.0 Å². The second kappa shape index (κ2) is 21.0. The molecule has 0 aromatic carbocycles. The van der Waals surface area contributed by atoms with Crippen molar-refractivity contribution in [2.24, 2.45) is 14.1 Å². The van der Waals surface area contributed by atoms with E-state index in [0.29, 0.717) is 18.7 Å². The van der Waals surface area contributed by atoms with Crippen molar-refractivity contribution >= 4 is 35.9 Å². The third kappa shape index (κ3) is 13.8. The number of imidazole rings is 2. The number of esters is 2. The van der Waals surface area contributed by atoms with Gasteiger partial charge in [0.1, 0.15) is 5.69 Å². The molecule has 0 spiro atoms. The molecule has 218 valence electrons. The number of carbonyl (C=O) groups is 2. The molecule has 10 nitrogen and oxygen atoms in total. The molecule has 0 N–H and O–H groups in total. The largest absolute Gasteiger partial charge is 0.469 e. The summed E-state index contributed by atoms with van der Waals surface area (Å²) < 4.78 is 30.5. The summed E-state index contributed by atoms with van der Waals surface area (Å²) in [6, 6.07) is 7.47. The van der Waals surface area contributed by atoms with Gasteiger partial charge in [-0.15, -0.1) is 24.0 Å². The van der Waals surface area contributed by atoms with E-state index in [-0.39, 0.29) is 24.3 Å². The standard InChI is InChI=1S/C13H16N3O2.C8H9NO2.C5H7ClN2.CH3F.ClH/c1-15-10-14-7-12(15)9-16-5-3-4-11(8-16)6-13(17)18-2;1-11-8(10)5-7-3-2-4-9-6-7;1-8-4-7-3-5(8)2-6;1-2;/h3-5,7-8,10H,6,9H2,1-2H3;2-4,6H,5H2,1H3;3-4H,2H2,1H3;1H3;1H/q+1;;;;/i;;;1D;. The zero-order valence-electron chi connectivity index (χ0n) is 23.9. The van der Waals surface area contributed by atoms with Crippen LogP contribution >= 0.6 is 24.0 Å². The number of methoxy groups -OCH3 is 2. The van der Waals surface area contributed by atoms with E-state index < -0.39 is 7.15 Å². The van der Waals surface area contributed by atoms with Crippen LogP contribution in [0.5, 0.6) is 0 Å². The fourth-order valence-electron chi connectivity index (χ4n) is 3.00. The van der Waals surface area contributed by atoms with Gasteiger partial charge in [-0.2, -0.15) is 4.57 Å². The Morgan fingerprint density at radius 2 is 1.50 bits per heavy atom. The van der Waals surface area contributed by atoms with Gasteiger partial charge in [-0.05, 0) is 17.7 Å². The normalized spacial score (nSPS) is 9.60. The second-order valence-electron chi connectivity index (χ2n) is 7.88. The smallest absolute Gasteiger partial charge is 0.310 e. The quantitative estimate of drug-likeness (QED) is 0.182. The van der Waals surface area contributed by atoms with Crippen LogP contribution < -0.4 is 4.57 Å². The zero-order valence-corrected chi connectivity index (χ0v) is 24.5. The molecule has 0 amide bonds. The average Bonchev–Trinajstić information content (AvgIpc) is 3.57. The van der Waals surface area contributed by atoms with E-state index in [1.54, 1.807) is 37.3 Å². The van der Waals surface area contributed by atoms with Crippen molar-refractivity contribution < 1.29 is 29.4 Å². The van der Waals surface area contributed by atoms with Gasteiger partial charge in [0, 0.05) is 44.3 Å². The first-order valence-electron chi connectivity index (χ1n) is 12.3. The van der Waals surface area contributed by atoms with E-state index in [1.807, 2.05) is 64.6 Å². The lowest BCUT2D eigenvalue weighted by atomic mass is 10.2. The van der Waals surface area contributed by atoms with Gasteiger partial charge in [-0.1, -0.05) is 6.07 Å². The van der Waals surface area contributed by atoms with Crippen LogP contribution in [0.4, 0.5) is 4.39 Å². The van der Waals surface area contributed by atoms with Crippen LogP contribution in [0.15, 0.2) is 74.1 Å². The summed E-state index contributed by atoms with van der Waals surface area (Å²) in [7, 11) is 5.65. The number of aromatic nitrogens is 6. The Hall–Kier alpha value is -3.83. The summed E-state index contributed by atoms with van der Waals surface area (Å²) in [5.41, 5.74) is 3.97. The number of aryl methyl sites for hydroxylation is 2. The van der Waals surface area contributed by atoms with E-state index >= 15 is 0 Å². The Morgan fingerprint density at radius 3 is 1.95 bits per heavy atom. The number of hydrogen-bond donors (Lipinski definition) is 0. The summed E-state index contributed by atoms with van der Waals surface area (Å²) in [5, 5.41) is 0. The molecule has 0 fully saturated rings. The Balaban J connectivity index is 0.000000595. The van der Waals surface area contributed by atoms with E-state index in [2.05, 4.69) is 24.4 Å². The van der Waals surface area contributed by atoms with Gasteiger partial charge in [0.05, 0.1) is 66.0 Å². The molecule has 0 aliphatic rings. The summed E-state index contributed by atoms with van der Waals surface area (Å²) in [6.07, 6.45) is 14.9. The third-order valence-corrected chi connectivity index (χ3v) is 5.38. The topological polar surface area (TPSA) is 105 Å². The number of carbonyl (C=O) groups excluding carboxylic acids is 2. The molecule has 4 aromatic rings. The molecule has 13 heteroatoms. The molecular formula is C27H36Cl2FN6O4+. The highest BCUT2D eigenvalue weighted by molar-refractivity contribution is 6.16. The molecule has 4 heterocycles. The summed E-state index contributed by atoms with van der Waals surface area (Å²) in [4.78, 5) is 33.8. The van der Waals surface area contributed by atoms with Gasteiger partial charge in [-0.3, -0.25) is 19.0 Å². The van der Waals surface area contributed by atoms with Gasteiger partial charge in [0.2, 0.25) is 0 Å². The van der Waals surface area contributed by atoms with E-state index in [9.17, 15) is 14.0 Å². The minimum Gasteiger partial charge on any atom is -0.469 e. The number of hydrogen-bond acceptors (Lipinski definition) is 7. The lowest BCUT2D eigenvalue weighted by Crippen LogP contribution is -2.35. The first-order chi connectivity index (χ1) is 19.3. The van der Waals surface area contributed by atoms with Crippen molar-refractivity contribution in [1.82, 2.24) is 24.1 Å². The van der Waals surface area contributed by atoms with Gasteiger partial charge >= 0.3 is 11.9 Å². The molecule has 0 aliphatic heterocycles. The molecule has 40 heavy (non-hydrogen) atoms. The van der Waals surface area contributed by atoms with Crippen LogP contribution in [-0.2, 0) is 58.4 Å². The number of alkyl halides is 2. The van der Waals surface area contributed by atoms with Crippen molar-refractivity contribution in [3.8, 4) is 0 Å². The molecule has 0 atom stereocenters. The summed E-state index contributed by atoms with van der Waals surface area (Å²) in [6.45, 7) is 0.728. The van der Waals surface area contributed by atoms with Gasteiger partial charge in [-0.25, -0.2) is 9.97 Å². The maximum absolute atomic E-state index is 11.2. The highest BCUT2D eigenvalue weighted by Gasteiger charge is 2.10. The number of pyridine rings is 2. The maximum atomic E-state index is 11.2. The van der Waals surface area contributed by atoms with E-state index in [1.165, 1.54) is 14.2 Å². The first-order valence-corrected chi connectivity index (χ1v) is 12.1. The van der Waals surface area contributed by atoms with Crippen molar-refractivity contribution in [1.29, 1.82) is 0 Å². The van der Waals surface area contributed by atoms with Crippen LogP contribution in [-0.4, -0.2) is 57.4 Å². The Labute approximate surface area is 246 Å². The van der Waals surface area contributed by atoms with Crippen molar-refractivity contribution in [3.63, 3.8) is 0 Å². The van der Waals surface area contributed by atoms with E-state index in [0.717, 1.165) is 29.1 Å². The average molecular weight is 600 g/mol. The van der Waals surface area contributed by atoms with Crippen LogP contribution in [0.2, 0.25) is 0 Å². The summed E-state index contributed by atoms with van der Waals surface area (Å²) >= 11 is 5.51. The Bertz CT molecular complexity index is 1280. The molecule has 0 radical (unpaired) electrons. The van der Waals surface area contributed by atoms with Crippen molar-refractivity contribution in [3.05, 3.63) is 96.6 Å². The predicted molar refractivity (Wildman–Crippen MR) is 152 cm³/mol. The number of halogens is 3. The lowest BCUT2D eigenvalue weighted by molar-refractivity contribution is -0.689. The Kier molecular flexibility index (Phi) is 18.0. The monoisotopic (exact) mass is 598 g/mol. The SMILES string of the molecule is COC(=O)Cc1ccc[n+](Cc2cncn2C)c1.COC(=O)Cc1cccnc1.Cl.Cn1cncc1CCl.[2H]CF. The van der Waals surface area contributed by atoms with Gasteiger partial charge < -0.3 is 18.6 Å². The van der Waals surface area contributed by atoms with Crippen LogP contribution in [0.25, 0.3) is 0 Å². The fraction of sp³-hybridized carbons (Fsp3) is 0.333. The molecule has 0 unspecified atom stereocenters. The molecule has 4 rings (SSSR count). The molecular weight excluding hydrogens is 562 g/mol. The minimum atomic E-state index is -1.00. The second-order valence-corrected chi connectivity index (χ2v) is 8.14. The van der Waals surface area contributed by atoms with Crippen molar-refractivity contribution in [2.75, 3.05) is 21.4 Å². The van der Waals surface area contributed by atoms with Crippen molar-refractivity contribution in [2.45, 2.75) is 25.3 Å². The molecule has 4 aromatic heterocycles. The Morgan fingerprint density at radius 1 is 0.950 bits per heavy atom. The predicted octanol–water partition coefficient (Wildman–Crippen LogP) is 3.43. The van der Waals surface area contributed by atoms with Crippen LogP contribution in [0.3, 0.4) is 0 Å². The fourth-order valence-corrected chi connectivity index (χ4v) is 3.25. The lowest BCUT2D eigenvalue weighted by Gasteiger charge is -2.01. The van der Waals surface area contributed by atoms with Crippen LogP contribution in [0.1, 0.15) is 23.9 Å². The highest BCUT2D eigenvalue weighted by Crippen LogP contribution is 2.01. The van der Waals surface area contributed by atoms with Crippen LogP contribution in [0, 0.1) is 0 Å². The van der Waals surface area contributed by atoms with Gasteiger partial charge in [0.15, 0.2) is 18.9 Å². The number of ether oxygens (including phenoxy) is 2. The maximum Gasteiger partial charge on any atom is 0.310 e. The number of rotatable bonds is 7.